The Labute approximate surface area is 156 Å². The van der Waals surface area contributed by atoms with E-state index in [9.17, 15) is 9.59 Å². The second kappa shape index (κ2) is 7.30. The summed E-state index contributed by atoms with van der Waals surface area (Å²) in [4.78, 5) is 26.8. The highest BCUT2D eigenvalue weighted by Crippen LogP contribution is 2.27. The number of ether oxygens (including phenoxy) is 2. The minimum Gasteiger partial charge on any atom is -0.491 e. The van der Waals surface area contributed by atoms with Gasteiger partial charge < -0.3 is 19.8 Å². The zero-order chi connectivity index (χ0) is 19.6. The zero-order valence-corrected chi connectivity index (χ0v) is 15.9. The van der Waals surface area contributed by atoms with Crippen LogP contribution >= 0.6 is 0 Å². The first kappa shape index (κ1) is 18.8. The Kier molecular flexibility index (Phi) is 5.07. The molecule has 3 aromatic rings. The number of H-pyrrole nitrogens is 2. The van der Waals surface area contributed by atoms with Crippen LogP contribution in [0.2, 0.25) is 0 Å². The van der Waals surface area contributed by atoms with Crippen LogP contribution in [0.5, 0.6) is 5.75 Å². The highest BCUT2D eigenvalue weighted by Gasteiger charge is 2.16. The molecule has 1 aromatic carbocycles. The van der Waals surface area contributed by atoms with Crippen LogP contribution < -0.4 is 15.6 Å². The molecule has 3 N–H and O–H groups in total. The van der Waals surface area contributed by atoms with Gasteiger partial charge in [-0.1, -0.05) is 12.1 Å². The van der Waals surface area contributed by atoms with Crippen LogP contribution in [0.25, 0.3) is 21.8 Å². The summed E-state index contributed by atoms with van der Waals surface area (Å²) in [6.45, 7) is 8.07. The van der Waals surface area contributed by atoms with Crippen molar-refractivity contribution in [2.75, 3.05) is 13.2 Å². The monoisotopic (exact) mass is 372 g/mol. The molecule has 0 saturated carbocycles. The van der Waals surface area contributed by atoms with Gasteiger partial charge in [0.2, 0.25) is 0 Å². The number of nitrogens with one attached hydrogen (secondary N) is 3. The molecule has 0 fully saturated rings. The Hall–Kier alpha value is -3.03. The van der Waals surface area contributed by atoms with E-state index in [1.54, 1.807) is 6.07 Å². The predicted octanol–water partition coefficient (Wildman–Crippen LogP) is 3.01. The van der Waals surface area contributed by atoms with Crippen LogP contribution in [0, 0.1) is 6.92 Å². The van der Waals surface area contributed by atoms with Gasteiger partial charge in [0, 0.05) is 17.6 Å². The molecule has 144 valence electrons. The normalized spacial score (nSPS) is 11.7. The van der Waals surface area contributed by atoms with Crippen molar-refractivity contribution in [3.63, 3.8) is 0 Å². The Balaban J connectivity index is 1.66. The van der Waals surface area contributed by atoms with Crippen LogP contribution in [0.3, 0.4) is 0 Å². The van der Waals surface area contributed by atoms with Gasteiger partial charge >= 0.3 is 6.09 Å². The lowest BCUT2D eigenvalue weighted by atomic mass is 10.1. The third-order valence-electron chi connectivity index (χ3n) is 3.94. The van der Waals surface area contributed by atoms with Crippen LogP contribution in [0.15, 0.2) is 23.0 Å². The Morgan fingerprint density at radius 1 is 1.30 bits per heavy atom. The lowest BCUT2D eigenvalue weighted by molar-refractivity contribution is 0.0525. The smallest absolute Gasteiger partial charge is 0.407 e. The molecule has 0 bridgehead atoms. The number of hydrogen-bond donors (Lipinski definition) is 3. The summed E-state index contributed by atoms with van der Waals surface area (Å²) in [5.41, 5.74) is 1.25. The van der Waals surface area contributed by atoms with Gasteiger partial charge in [0.1, 0.15) is 16.9 Å². The van der Waals surface area contributed by atoms with Crippen LogP contribution in [0.4, 0.5) is 4.79 Å². The Morgan fingerprint density at radius 3 is 2.81 bits per heavy atom. The number of amides is 1. The molecule has 1 amide bonds. The molecule has 0 unspecified atom stereocenters. The molecule has 8 heteroatoms. The highest BCUT2D eigenvalue weighted by molar-refractivity contribution is 6.05. The van der Waals surface area contributed by atoms with Crippen molar-refractivity contribution in [1.29, 1.82) is 0 Å². The van der Waals surface area contributed by atoms with E-state index in [1.807, 2.05) is 39.8 Å². The topological polar surface area (TPSA) is 109 Å². The summed E-state index contributed by atoms with van der Waals surface area (Å²) < 4.78 is 11.0. The van der Waals surface area contributed by atoms with Gasteiger partial charge in [0.05, 0.1) is 17.5 Å². The number of benzene rings is 1. The maximum atomic E-state index is 12.4. The largest absolute Gasteiger partial charge is 0.491 e. The number of rotatable bonds is 5. The fraction of sp³-hybridized carbons (Fsp3) is 0.421. The van der Waals surface area contributed by atoms with Gasteiger partial charge in [-0.3, -0.25) is 9.89 Å². The van der Waals surface area contributed by atoms with Crippen molar-refractivity contribution in [3.8, 4) is 5.75 Å². The molecule has 3 rings (SSSR count). The standard InChI is InChI=1S/C19H24N4O4/c1-11-14-16(23-22-11)12-7-5-8-13(15(12)21-17(14)24)26-10-6-9-20-18(25)27-19(2,3)4/h5,7-8H,6,9-10H2,1-4H3,(H,20,25)(H,21,24)(H,22,23). The number of carbonyl (C=O) groups excluding carboxylic acids is 1. The molecular formula is C19H24N4O4. The molecule has 8 nitrogen and oxygen atoms in total. The van der Waals surface area contributed by atoms with Crippen LogP contribution in [0.1, 0.15) is 32.9 Å². The molecule has 2 heterocycles. The lowest BCUT2D eigenvalue weighted by Gasteiger charge is -2.19. The maximum absolute atomic E-state index is 12.4. The van der Waals surface area contributed by atoms with Crippen molar-refractivity contribution in [1.82, 2.24) is 20.5 Å². The molecule has 0 radical (unpaired) electrons. The zero-order valence-electron chi connectivity index (χ0n) is 15.9. The van der Waals surface area contributed by atoms with Crippen molar-refractivity contribution < 1.29 is 14.3 Å². The fourth-order valence-corrected chi connectivity index (χ4v) is 2.81. The fourth-order valence-electron chi connectivity index (χ4n) is 2.81. The van der Waals surface area contributed by atoms with E-state index in [0.29, 0.717) is 41.7 Å². The Morgan fingerprint density at radius 2 is 2.07 bits per heavy atom. The van der Waals surface area contributed by atoms with E-state index in [2.05, 4.69) is 20.5 Å². The minimum atomic E-state index is -0.522. The number of para-hydroxylation sites is 1. The van der Waals surface area contributed by atoms with Gasteiger partial charge in [-0.2, -0.15) is 5.10 Å². The summed E-state index contributed by atoms with van der Waals surface area (Å²) in [6, 6.07) is 5.55. The SMILES string of the molecule is Cc1[nH]nc2c1c(=O)[nH]c1c(OCCCNC(=O)OC(C)(C)C)cccc12. The van der Waals surface area contributed by atoms with E-state index >= 15 is 0 Å². The molecular weight excluding hydrogens is 348 g/mol. The summed E-state index contributed by atoms with van der Waals surface area (Å²) in [5, 5.41) is 11.2. The predicted molar refractivity (Wildman–Crippen MR) is 103 cm³/mol. The maximum Gasteiger partial charge on any atom is 0.407 e. The average molecular weight is 372 g/mol. The second-order valence-electron chi connectivity index (χ2n) is 7.34. The van der Waals surface area contributed by atoms with E-state index in [0.717, 1.165) is 11.1 Å². The van der Waals surface area contributed by atoms with Gasteiger partial charge in [0.15, 0.2) is 0 Å². The summed E-state index contributed by atoms with van der Waals surface area (Å²) in [6.07, 6.45) is 0.150. The number of alkyl carbamates (subject to hydrolysis) is 1. The van der Waals surface area contributed by atoms with Crippen molar-refractivity contribution in [2.45, 2.75) is 39.7 Å². The molecule has 0 saturated heterocycles. The third-order valence-corrected chi connectivity index (χ3v) is 3.94. The molecule has 0 atom stereocenters. The summed E-state index contributed by atoms with van der Waals surface area (Å²) in [5.74, 6) is 0.574. The number of fused-ring (bicyclic) bond motifs is 3. The highest BCUT2D eigenvalue weighted by atomic mass is 16.6. The quantitative estimate of drug-likeness (QED) is 0.597. The van der Waals surface area contributed by atoms with Crippen molar-refractivity contribution in [3.05, 3.63) is 34.2 Å². The van der Waals surface area contributed by atoms with Crippen molar-refractivity contribution in [2.24, 2.45) is 0 Å². The summed E-state index contributed by atoms with van der Waals surface area (Å²) >= 11 is 0. The van der Waals surface area contributed by atoms with Crippen molar-refractivity contribution >= 4 is 27.9 Å². The number of aromatic nitrogens is 3. The van der Waals surface area contributed by atoms with E-state index in [4.69, 9.17) is 9.47 Å². The lowest BCUT2D eigenvalue weighted by Crippen LogP contribution is -2.33. The number of aromatic amines is 2. The third kappa shape index (κ3) is 4.21. The molecule has 27 heavy (non-hydrogen) atoms. The minimum absolute atomic E-state index is 0.202. The van der Waals surface area contributed by atoms with Gasteiger partial charge in [-0.25, -0.2) is 4.79 Å². The van der Waals surface area contributed by atoms with E-state index in [1.165, 1.54) is 0 Å². The average Bonchev–Trinajstić information content (AvgIpc) is 2.96. The first-order valence-electron chi connectivity index (χ1n) is 8.85. The van der Waals surface area contributed by atoms with Crippen LogP contribution in [-0.2, 0) is 4.74 Å². The second-order valence-corrected chi connectivity index (χ2v) is 7.34. The molecule has 0 aliphatic carbocycles. The number of aryl methyl sites for hydroxylation is 1. The molecule has 2 aromatic heterocycles. The number of pyridine rings is 1. The molecule has 0 aliphatic rings. The first-order valence-corrected chi connectivity index (χ1v) is 8.85. The van der Waals surface area contributed by atoms with Gasteiger partial charge in [0.25, 0.3) is 5.56 Å². The molecule has 0 aliphatic heterocycles. The van der Waals surface area contributed by atoms with Gasteiger partial charge in [-0.15, -0.1) is 0 Å². The Bertz CT molecular complexity index is 1030. The number of nitrogens with zero attached hydrogens (tertiary/aromatic N) is 1. The van der Waals surface area contributed by atoms with Crippen LogP contribution in [-0.4, -0.2) is 40.0 Å². The number of hydrogen-bond acceptors (Lipinski definition) is 5. The first-order chi connectivity index (χ1) is 12.8. The van der Waals surface area contributed by atoms with Gasteiger partial charge in [-0.05, 0) is 40.2 Å². The summed E-state index contributed by atoms with van der Waals surface area (Å²) in [7, 11) is 0. The van der Waals surface area contributed by atoms with E-state index < -0.39 is 11.7 Å². The molecule has 0 spiro atoms. The number of carbonyl (C=O) groups is 1. The van der Waals surface area contributed by atoms with E-state index in [-0.39, 0.29) is 5.56 Å².